The summed E-state index contributed by atoms with van der Waals surface area (Å²) in [7, 11) is 1.70. The summed E-state index contributed by atoms with van der Waals surface area (Å²) in [5.41, 5.74) is 5.87. The van der Waals surface area contributed by atoms with Gasteiger partial charge in [0.15, 0.2) is 0 Å². The summed E-state index contributed by atoms with van der Waals surface area (Å²) in [6, 6.07) is 5.19. The number of nitrogens with zero attached hydrogens (tertiary/aromatic N) is 1. The minimum absolute atomic E-state index is 0.119. The van der Waals surface area contributed by atoms with E-state index in [0.29, 0.717) is 23.7 Å². The molecule has 1 amide bonds. The van der Waals surface area contributed by atoms with Crippen LogP contribution in [-0.2, 0) is 0 Å². The van der Waals surface area contributed by atoms with Gasteiger partial charge in [0.05, 0.1) is 10.6 Å². The van der Waals surface area contributed by atoms with Gasteiger partial charge in [-0.15, -0.1) is 0 Å². The van der Waals surface area contributed by atoms with E-state index >= 15 is 0 Å². The van der Waals surface area contributed by atoms with Crippen molar-refractivity contribution < 1.29 is 4.79 Å². The molecule has 0 fully saturated rings. The van der Waals surface area contributed by atoms with E-state index in [0.717, 1.165) is 4.47 Å². The molecule has 0 aliphatic rings. The highest BCUT2D eigenvalue weighted by Crippen LogP contribution is 2.21. The van der Waals surface area contributed by atoms with Crippen LogP contribution in [0, 0.1) is 0 Å². The number of hydrogen-bond donors (Lipinski definition) is 1. The summed E-state index contributed by atoms with van der Waals surface area (Å²) in [5.74, 6) is -0.119. The number of amides is 1. The molecular weight excluding hydrogens is 279 g/mol. The second-order valence-electron chi connectivity index (χ2n) is 3.14. The van der Waals surface area contributed by atoms with E-state index in [1.807, 2.05) is 0 Å². The maximum atomic E-state index is 11.9. The van der Waals surface area contributed by atoms with Crippen LogP contribution in [0.1, 0.15) is 10.4 Å². The highest BCUT2D eigenvalue weighted by molar-refractivity contribution is 9.10. The first-order chi connectivity index (χ1) is 7.06. The third kappa shape index (κ3) is 3.19. The number of halogens is 2. The van der Waals surface area contributed by atoms with Crippen molar-refractivity contribution >= 4 is 33.4 Å². The van der Waals surface area contributed by atoms with E-state index in [2.05, 4.69) is 15.9 Å². The van der Waals surface area contributed by atoms with E-state index in [1.54, 1.807) is 30.1 Å². The minimum atomic E-state index is -0.119. The van der Waals surface area contributed by atoms with Crippen molar-refractivity contribution in [2.45, 2.75) is 0 Å². The SMILES string of the molecule is CN(CCN)C(=O)c1cc(Br)ccc1Cl. The quantitative estimate of drug-likeness (QED) is 0.927. The first-order valence-electron chi connectivity index (χ1n) is 4.47. The number of nitrogens with two attached hydrogens (primary N) is 1. The Hall–Kier alpha value is -0.580. The molecule has 0 aliphatic carbocycles. The van der Waals surface area contributed by atoms with E-state index in [9.17, 15) is 4.79 Å². The molecule has 5 heteroatoms. The monoisotopic (exact) mass is 290 g/mol. The zero-order valence-corrected chi connectivity index (χ0v) is 10.7. The number of benzene rings is 1. The Balaban J connectivity index is 2.95. The molecule has 0 atom stereocenters. The molecule has 1 aromatic rings. The number of carbonyl (C=O) groups excluding carboxylic acids is 1. The van der Waals surface area contributed by atoms with Crippen LogP contribution < -0.4 is 5.73 Å². The van der Waals surface area contributed by atoms with E-state index in [-0.39, 0.29) is 5.91 Å². The number of carbonyl (C=O) groups is 1. The highest BCUT2D eigenvalue weighted by atomic mass is 79.9. The van der Waals surface area contributed by atoms with Crippen LogP contribution in [0.25, 0.3) is 0 Å². The third-order valence-corrected chi connectivity index (χ3v) is 2.79. The van der Waals surface area contributed by atoms with Gasteiger partial charge in [-0.1, -0.05) is 27.5 Å². The molecule has 0 aliphatic heterocycles. The lowest BCUT2D eigenvalue weighted by Crippen LogP contribution is -2.31. The van der Waals surface area contributed by atoms with Crippen molar-refractivity contribution in [3.05, 3.63) is 33.3 Å². The summed E-state index contributed by atoms with van der Waals surface area (Å²) in [6.07, 6.45) is 0. The fraction of sp³-hybridized carbons (Fsp3) is 0.300. The molecule has 0 saturated heterocycles. The lowest BCUT2D eigenvalue weighted by atomic mass is 10.2. The zero-order valence-electron chi connectivity index (χ0n) is 8.34. The second-order valence-corrected chi connectivity index (χ2v) is 4.46. The average Bonchev–Trinajstić information content (AvgIpc) is 2.21. The molecule has 3 nitrogen and oxygen atoms in total. The van der Waals surface area contributed by atoms with Gasteiger partial charge in [0, 0.05) is 24.6 Å². The van der Waals surface area contributed by atoms with E-state index < -0.39 is 0 Å². The van der Waals surface area contributed by atoms with Crippen molar-refractivity contribution in [1.82, 2.24) is 4.90 Å². The van der Waals surface area contributed by atoms with E-state index in [4.69, 9.17) is 17.3 Å². The van der Waals surface area contributed by atoms with Crippen molar-refractivity contribution in [2.75, 3.05) is 20.1 Å². The molecule has 2 N–H and O–H groups in total. The Morgan fingerprint density at radius 1 is 1.60 bits per heavy atom. The third-order valence-electron chi connectivity index (χ3n) is 1.97. The largest absolute Gasteiger partial charge is 0.340 e. The lowest BCUT2D eigenvalue weighted by Gasteiger charge is -2.16. The van der Waals surface area contributed by atoms with Gasteiger partial charge in [-0.05, 0) is 18.2 Å². The van der Waals surface area contributed by atoms with Gasteiger partial charge in [0.1, 0.15) is 0 Å². The molecule has 1 aromatic carbocycles. The fourth-order valence-electron chi connectivity index (χ4n) is 1.16. The van der Waals surface area contributed by atoms with Gasteiger partial charge in [0.25, 0.3) is 5.91 Å². The van der Waals surface area contributed by atoms with Gasteiger partial charge in [-0.3, -0.25) is 4.79 Å². The maximum Gasteiger partial charge on any atom is 0.255 e. The topological polar surface area (TPSA) is 46.3 Å². The molecule has 0 heterocycles. The summed E-state index contributed by atoms with van der Waals surface area (Å²) < 4.78 is 0.830. The average molecular weight is 292 g/mol. The van der Waals surface area contributed by atoms with Gasteiger partial charge in [-0.2, -0.15) is 0 Å². The predicted octanol–water partition coefficient (Wildman–Crippen LogP) is 2.13. The summed E-state index contributed by atoms with van der Waals surface area (Å²) in [5, 5.41) is 0.451. The Bertz CT molecular complexity index is 370. The molecular formula is C10H12BrClN2O. The fourth-order valence-corrected chi connectivity index (χ4v) is 1.72. The first kappa shape index (κ1) is 12.5. The van der Waals surface area contributed by atoms with E-state index in [1.165, 1.54) is 0 Å². The van der Waals surface area contributed by atoms with Crippen molar-refractivity contribution in [3.8, 4) is 0 Å². The Labute approximate surface area is 102 Å². The molecule has 0 aromatic heterocycles. The molecule has 0 bridgehead atoms. The van der Waals surface area contributed by atoms with Gasteiger partial charge >= 0.3 is 0 Å². The zero-order chi connectivity index (χ0) is 11.4. The van der Waals surface area contributed by atoms with Crippen molar-refractivity contribution in [2.24, 2.45) is 5.73 Å². The van der Waals surface area contributed by atoms with Crippen LogP contribution in [0.3, 0.4) is 0 Å². The van der Waals surface area contributed by atoms with Gasteiger partial charge < -0.3 is 10.6 Å². The summed E-state index contributed by atoms with van der Waals surface area (Å²) in [6.45, 7) is 0.954. The smallest absolute Gasteiger partial charge is 0.255 e. The Kier molecular flexibility index (Phi) is 4.57. The lowest BCUT2D eigenvalue weighted by molar-refractivity contribution is 0.0799. The normalized spacial score (nSPS) is 10.1. The second kappa shape index (κ2) is 5.49. The van der Waals surface area contributed by atoms with Crippen LogP contribution in [0.5, 0.6) is 0 Å². The molecule has 82 valence electrons. The van der Waals surface area contributed by atoms with Gasteiger partial charge in [-0.25, -0.2) is 0 Å². The summed E-state index contributed by atoms with van der Waals surface area (Å²) in [4.78, 5) is 13.4. The van der Waals surface area contributed by atoms with Crippen LogP contribution in [0.15, 0.2) is 22.7 Å². The number of likely N-dealkylation sites (N-methyl/N-ethyl adjacent to an activating group) is 1. The van der Waals surface area contributed by atoms with Gasteiger partial charge in [0.2, 0.25) is 0 Å². The molecule has 15 heavy (non-hydrogen) atoms. The Morgan fingerprint density at radius 3 is 2.87 bits per heavy atom. The molecule has 1 rings (SSSR count). The maximum absolute atomic E-state index is 11.9. The van der Waals surface area contributed by atoms with Crippen molar-refractivity contribution in [3.63, 3.8) is 0 Å². The standard InChI is InChI=1S/C10H12BrClN2O/c1-14(5-4-13)10(15)8-6-7(11)2-3-9(8)12/h2-3,6H,4-5,13H2,1H3. The van der Waals surface area contributed by atoms with Crippen LogP contribution >= 0.6 is 27.5 Å². The molecule has 0 unspecified atom stereocenters. The highest BCUT2D eigenvalue weighted by Gasteiger charge is 2.14. The molecule has 0 saturated carbocycles. The predicted molar refractivity (Wildman–Crippen MR) is 65.2 cm³/mol. The summed E-state index contributed by atoms with van der Waals surface area (Å²) >= 11 is 9.23. The molecule has 0 radical (unpaired) electrons. The number of hydrogen-bond acceptors (Lipinski definition) is 2. The Morgan fingerprint density at radius 2 is 2.27 bits per heavy atom. The molecule has 0 spiro atoms. The van der Waals surface area contributed by atoms with Crippen LogP contribution in [0.4, 0.5) is 0 Å². The first-order valence-corrected chi connectivity index (χ1v) is 5.64. The van der Waals surface area contributed by atoms with Crippen LogP contribution in [0.2, 0.25) is 5.02 Å². The van der Waals surface area contributed by atoms with Crippen molar-refractivity contribution in [1.29, 1.82) is 0 Å². The minimum Gasteiger partial charge on any atom is -0.340 e. The number of rotatable bonds is 3. The van der Waals surface area contributed by atoms with Crippen LogP contribution in [-0.4, -0.2) is 30.9 Å².